The van der Waals surface area contributed by atoms with Gasteiger partial charge in [0.25, 0.3) is 0 Å². The number of aryl methyl sites for hydroxylation is 4. The highest BCUT2D eigenvalue weighted by molar-refractivity contribution is 5.88. The molecule has 0 heterocycles. The van der Waals surface area contributed by atoms with E-state index in [2.05, 4.69) is 76.2 Å². The first-order chi connectivity index (χ1) is 9.54. The van der Waals surface area contributed by atoms with E-state index in [1.807, 2.05) is 0 Å². The Morgan fingerprint density at radius 3 is 2.00 bits per heavy atom. The summed E-state index contributed by atoms with van der Waals surface area (Å²) in [5.41, 5.74) is 8.03. The summed E-state index contributed by atoms with van der Waals surface area (Å²) >= 11 is 0. The van der Waals surface area contributed by atoms with Gasteiger partial charge in [-0.25, -0.2) is 0 Å². The molecule has 0 atom stereocenters. The lowest BCUT2D eigenvalue weighted by atomic mass is 9.94. The number of hydrogen-bond acceptors (Lipinski definition) is 0. The van der Waals surface area contributed by atoms with Crippen molar-refractivity contribution in [3.05, 3.63) is 70.8 Å². The van der Waals surface area contributed by atoms with Crippen molar-refractivity contribution in [3.63, 3.8) is 0 Å². The van der Waals surface area contributed by atoms with Gasteiger partial charge in [0.1, 0.15) is 0 Å². The molecule has 0 aliphatic rings. The first-order valence-corrected chi connectivity index (χ1v) is 7.13. The Balaban J connectivity index is 2.20. The Hall–Kier alpha value is -2.08. The van der Waals surface area contributed by atoms with Crippen LogP contribution in [0.1, 0.15) is 22.3 Å². The fourth-order valence-corrected chi connectivity index (χ4v) is 2.80. The molecule has 0 aliphatic heterocycles. The van der Waals surface area contributed by atoms with E-state index >= 15 is 0 Å². The molecule has 0 saturated carbocycles. The van der Waals surface area contributed by atoms with Crippen LogP contribution in [0.2, 0.25) is 0 Å². The molecule has 0 aromatic heterocycles. The predicted octanol–water partition coefficient (Wildman–Crippen LogP) is 5.74. The smallest absolute Gasteiger partial charge is 0.0152 e. The largest absolute Gasteiger partial charge is 0.0587 e. The van der Waals surface area contributed by atoms with E-state index in [9.17, 15) is 0 Å². The summed E-state index contributed by atoms with van der Waals surface area (Å²) in [4.78, 5) is 0. The van der Waals surface area contributed by atoms with Gasteiger partial charge in [0, 0.05) is 0 Å². The highest BCUT2D eigenvalue weighted by atomic mass is 14.1. The van der Waals surface area contributed by atoms with Gasteiger partial charge in [-0.3, -0.25) is 0 Å². The number of fused-ring (bicyclic) bond motifs is 1. The summed E-state index contributed by atoms with van der Waals surface area (Å²) in [5.74, 6) is 0. The van der Waals surface area contributed by atoms with Crippen LogP contribution in [0, 0.1) is 27.7 Å². The van der Waals surface area contributed by atoms with E-state index in [0.29, 0.717) is 0 Å². The Kier molecular flexibility index (Phi) is 3.10. The Labute approximate surface area is 121 Å². The predicted molar refractivity (Wildman–Crippen MR) is 88.3 cm³/mol. The third-order valence-corrected chi connectivity index (χ3v) is 4.15. The molecule has 0 unspecified atom stereocenters. The molecule has 3 aromatic rings. The molecular weight excluding hydrogens is 240 g/mol. The van der Waals surface area contributed by atoms with Crippen LogP contribution < -0.4 is 0 Å². The molecule has 0 heteroatoms. The molecule has 0 fully saturated rings. The van der Waals surface area contributed by atoms with Crippen LogP contribution in [0.5, 0.6) is 0 Å². The average molecular weight is 260 g/mol. The van der Waals surface area contributed by atoms with Crippen LogP contribution in [0.15, 0.2) is 48.5 Å². The van der Waals surface area contributed by atoms with Crippen LogP contribution >= 0.6 is 0 Å². The Morgan fingerprint density at radius 1 is 0.550 bits per heavy atom. The van der Waals surface area contributed by atoms with Crippen molar-refractivity contribution in [1.29, 1.82) is 0 Å². The summed E-state index contributed by atoms with van der Waals surface area (Å²) < 4.78 is 0. The van der Waals surface area contributed by atoms with Crippen molar-refractivity contribution in [3.8, 4) is 11.1 Å². The summed E-state index contributed by atoms with van der Waals surface area (Å²) in [6, 6.07) is 18.0. The molecule has 0 spiro atoms. The number of rotatable bonds is 1. The van der Waals surface area contributed by atoms with Crippen molar-refractivity contribution in [2.75, 3.05) is 0 Å². The molecule has 3 rings (SSSR count). The molecule has 0 saturated heterocycles. The van der Waals surface area contributed by atoms with Crippen LogP contribution in [0.25, 0.3) is 21.9 Å². The third-order valence-electron chi connectivity index (χ3n) is 4.15. The van der Waals surface area contributed by atoms with Gasteiger partial charge in [-0.05, 0) is 72.4 Å². The summed E-state index contributed by atoms with van der Waals surface area (Å²) in [6.45, 7) is 8.69. The van der Waals surface area contributed by atoms with Gasteiger partial charge in [-0.1, -0.05) is 48.0 Å². The fourth-order valence-electron chi connectivity index (χ4n) is 2.80. The van der Waals surface area contributed by atoms with Gasteiger partial charge in [0.05, 0.1) is 0 Å². The minimum atomic E-state index is 1.31. The van der Waals surface area contributed by atoms with Crippen molar-refractivity contribution in [2.24, 2.45) is 0 Å². The Bertz CT molecular complexity index is 794. The number of benzene rings is 3. The average Bonchev–Trinajstić information content (AvgIpc) is 2.42. The molecule has 3 aromatic carbocycles. The second-order valence-electron chi connectivity index (χ2n) is 5.82. The maximum atomic E-state index is 2.31. The van der Waals surface area contributed by atoms with E-state index in [1.165, 1.54) is 44.2 Å². The zero-order valence-corrected chi connectivity index (χ0v) is 12.6. The lowest BCUT2D eigenvalue weighted by molar-refractivity contribution is 1.30. The molecule has 0 nitrogen and oxygen atoms in total. The highest BCUT2D eigenvalue weighted by Crippen LogP contribution is 2.29. The van der Waals surface area contributed by atoms with E-state index in [-0.39, 0.29) is 0 Å². The van der Waals surface area contributed by atoms with Crippen molar-refractivity contribution in [2.45, 2.75) is 27.7 Å². The minimum absolute atomic E-state index is 1.31. The first kappa shape index (κ1) is 12.9. The monoisotopic (exact) mass is 260 g/mol. The van der Waals surface area contributed by atoms with Gasteiger partial charge in [-0.15, -0.1) is 0 Å². The molecule has 0 amide bonds. The zero-order valence-electron chi connectivity index (χ0n) is 12.6. The maximum Gasteiger partial charge on any atom is -0.0152 e. The van der Waals surface area contributed by atoms with E-state index in [1.54, 1.807) is 0 Å². The highest BCUT2D eigenvalue weighted by Gasteiger charge is 2.05. The van der Waals surface area contributed by atoms with Gasteiger partial charge >= 0.3 is 0 Å². The molecule has 100 valence electrons. The van der Waals surface area contributed by atoms with Gasteiger partial charge < -0.3 is 0 Å². The Morgan fingerprint density at radius 2 is 1.20 bits per heavy atom. The van der Waals surface area contributed by atoms with Crippen molar-refractivity contribution in [1.82, 2.24) is 0 Å². The topological polar surface area (TPSA) is 0 Å². The molecule has 0 bridgehead atoms. The van der Waals surface area contributed by atoms with E-state index in [0.717, 1.165) is 0 Å². The van der Waals surface area contributed by atoms with E-state index in [4.69, 9.17) is 0 Å². The van der Waals surface area contributed by atoms with Crippen LogP contribution in [0.4, 0.5) is 0 Å². The van der Waals surface area contributed by atoms with Crippen LogP contribution in [-0.2, 0) is 0 Å². The maximum absolute atomic E-state index is 2.31. The van der Waals surface area contributed by atoms with Gasteiger partial charge in [0.15, 0.2) is 0 Å². The second kappa shape index (κ2) is 4.79. The normalized spacial score (nSPS) is 11.0. The first-order valence-electron chi connectivity index (χ1n) is 7.13. The van der Waals surface area contributed by atoms with Crippen LogP contribution in [0.3, 0.4) is 0 Å². The van der Waals surface area contributed by atoms with Gasteiger partial charge in [0.2, 0.25) is 0 Å². The summed E-state index contributed by atoms with van der Waals surface area (Å²) in [5, 5.41) is 2.63. The summed E-state index contributed by atoms with van der Waals surface area (Å²) in [7, 11) is 0. The second-order valence-corrected chi connectivity index (χ2v) is 5.82. The van der Waals surface area contributed by atoms with E-state index < -0.39 is 0 Å². The summed E-state index contributed by atoms with van der Waals surface area (Å²) in [6.07, 6.45) is 0. The van der Waals surface area contributed by atoms with Crippen molar-refractivity contribution >= 4 is 10.8 Å². The lowest BCUT2D eigenvalue weighted by Gasteiger charge is -2.11. The third kappa shape index (κ3) is 2.22. The van der Waals surface area contributed by atoms with Crippen molar-refractivity contribution < 1.29 is 0 Å². The number of hydrogen-bond donors (Lipinski definition) is 0. The standard InChI is InChI=1S/C20H20/c1-13-5-6-18-12-19(8-7-17(18)9-13)20-11-15(3)14(2)10-16(20)4/h5-12H,1-4H3. The minimum Gasteiger partial charge on any atom is -0.0587 e. The molecule has 0 radical (unpaired) electrons. The molecule has 20 heavy (non-hydrogen) atoms. The molecular formula is C20H20. The zero-order chi connectivity index (χ0) is 14.3. The SMILES string of the molecule is Cc1ccc2cc(-c3cc(C)c(C)cc3C)ccc2c1. The van der Waals surface area contributed by atoms with Crippen LogP contribution in [-0.4, -0.2) is 0 Å². The molecule has 0 N–H and O–H groups in total. The quantitative estimate of drug-likeness (QED) is 0.523. The van der Waals surface area contributed by atoms with Gasteiger partial charge in [-0.2, -0.15) is 0 Å². The lowest BCUT2D eigenvalue weighted by Crippen LogP contribution is -1.89. The fraction of sp³-hybridized carbons (Fsp3) is 0.200. The molecule has 0 aliphatic carbocycles.